The highest BCUT2D eigenvalue weighted by molar-refractivity contribution is 7.90. The molecule has 2 N–H and O–H groups in total. The summed E-state index contributed by atoms with van der Waals surface area (Å²) in [6.07, 6.45) is -4.77. The second kappa shape index (κ2) is 6.67. The Kier molecular flexibility index (Phi) is 4.97. The highest BCUT2D eigenvalue weighted by Gasteiger charge is 2.33. The molecule has 25 heavy (non-hydrogen) atoms. The number of aryl methyl sites for hydroxylation is 1. The van der Waals surface area contributed by atoms with E-state index in [-0.39, 0.29) is 4.90 Å². The van der Waals surface area contributed by atoms with Crippen molar-refractivity contribution in [3.63, 3.8) is 0 Å². The summed E-state index contributed by atoms with van der Waals surface area (Å²) in [5, 5.41) is 3.21. The Hall–Kier alpha value is -2.69. The molecule has 1 heterocycles. The van der Waals surface area contributed by atoms with Gasteiger partial charge in [0.1, 0.15) is 6.54 Å². The number of halogens is 3. The molecular formula is C14H13F3N4O3S. The average Bonchev–Trinajstić information content (AvgIpc) is 2.47. The highest BCUT2D eigenvalue weighted by atomic mass is 32.2. The fourth-order valence-corrected chi connectivity index (χ4v) is 2.82. The molecule has 0 unspecified atom stereocenters. The number of primary amides is 1. The van der Waals surface area contributed by atoms with Crippen LogP contribution in [0, 0.1) is 6.92 Å². The van der Waals surface area contributed by atoms with Gasteiger partial charge in [-0.3, -0.25) is 4.79 Å². The smallest absolute Gasteiger partial charge is 0.368 e. The minimum Gasteiger partial charge on any atom is -0.368 e. The number of rotatable bonds is 4. The topological polar surface area (TPSA) is 107 Å². The van der Waals surface area contributed by atoms with Crippen LogP contribution in [0.15, 0.2) is 45.7 Å². The Morgan fingerprint density at radius 3 is 2.32 bits per heavy atom. The van der Waals surface area contributed by atoms with Gasteiger partial charge in [-0.05, 0) is 31.2 Å². The summed E-state index contributed by atoms with van der Waals surface area (Å²) in [4.78, 5) is 10.9. The second-order valence-corrected chi connectivity index (χ2v) is 6.68. The lowest BCUT2D eigenvalue weighted by Gasteiger charge is -2.09. The number of alkyl halides is 3. The van der Waals surface area contributed by atoms with Crippen LogP contribution in [0.1, 0.15) is 11.3 Å². The SMILES string of the molecule is Cc1ccc(S(=O)(=O)/N=c2/ccc(C(F)(F)F)nn2CC(N)=O)cc1. The largest absolute Gasteiger partial charge is 0.435 e. The number of nitrogens with zero attached hydrogens (tertiary/aromatic N) is 3. The maximum Gasteiger partial charge on any atom is 0.435 e. The van der Waals surface area contributed by atoms with E-state index >= 15 is 0 Å². The van der Waals surface area contributed by atoms with Gasteiger partial charge in [-0.2, -0.15) is 26.7 Å². The first-order valence-electron chi connectivity index (χ1n) is 6.80. The van der Waals surface area contributed by atoms with E-state index in [9.17, 15) is 26.4 Å². The summed E-state index contributed by atoms with van der Waals surface area (Å²) in [7, 11) is -4.21. The molecule has 2 aromatic rings. The van der Waals surface area contributed by atoms with Gasteiger partial charge in [-0.15, -0.1) is 4.40 Å². The van der Waals surface area contributed by atoms with E-state index in [1.807, 2.05) is 0 Å². The number of benzene rings is 1. The number of carbonyl (C=O) groups excluding carboxylic acids is 1. The molecule has 0 fully saturated rings. The number of nitrogens with two attached hydrogens (primary N) is 1. The molecule has 0 atom stereocenters. The summed E-state index contributed by atoms with van der Waals surface area (Å²) >= 11 is 0. The summed E-state index contributed by atoms with van der Waals surface area (Å²) in [5.41, 5.74) is 4.03. The molecule has 0 radical (unpaired) electrons. The Morgan fingerprint density at radius 2 is 1.80 bits per heavy atom. The quantitative estimate of drug-likeness (QED) is 0.861. The van der Waals surface area contributed by atoms with Crippen molar-refractivity contribution >= 4 is 15.9 Å². The summed E-state index contributed by atoms with van der Waals surface area (Å²) in [6.45, 7) is 1.00. The van der Waals surface area contributed by atoms with E-state index in [0.717, 1.165) is 11.6 Å². The molecule has 1 amide bonds. The fourth-order valence-electron chi connectivity index (χ4n) is 1.83. The number of aromatic nitrogens is 2. The first kappa shape index (κ1) is 18.6. The van der Waals surface area contributed by atoms with Crippen molar-refractivity contribution in [2.75, 3.05) is 0 Å². The van der Waals surface area contributed by atoms with Crippen molar-refractivity contribution in [3.05, 3.63) is 53.1 Å². The average molecular weight is 374 g/mol. The third-order valence-corrected chi connectivity index (χ3v) is 4.31. The van der Waals surface area contributed by atoms with E-state index in [0.29, 0.717) is 10.7 Å². The number of amides is 1. The molecule has 134 valence electrons. The molecular weight excluding hydrogens is 361 g/mol. The molecule has 0 spiro atoms. The molecule has 1 aromatic carbocycles. The van der Waals surface area contributed by atoms with Crippen LogP contribution >= 0.6 is 0 Å². The van der Waals surface area contributed by atoms with Crippen molar-refractivity contribution < 1.29 is 26.4 Å². The lowest BCUT2D eigenvalue weighted by atomic mass is 10.2. The Labute approximate surface area is 140 Å². The maximum atomic E-state index is 12.7. The molecule has 0 saturated carbocycles. The van der Waals surface area contributed by atoms with E-state index in [1.165, 1.54) is 12.1 Å². The van der Waals surface area contributed by atoms with Gasteiger partial charge in [-0.25, -0.2) is 4.68 Å². The monoisotopic (exact) mass is 374 g/mol. The predicted molar refractivity (Wildman–Crippen MR) is 80.4 cm³/mol. The van der Waals surface area contributed by atoms with Gasteiger partial charge in [0.15, 0.2) is 11.2 Å². The van der Waals surface area contributed by atoms with Crippen molar-refractivity contribution in [1.29, 1.82) is 0 Å². The van der Waals surface area contributed by atoms with E-state index in [4.69, 9.17) is 5.73 Å². The van der Waals surface area contributed by atoms with Crippen LogP contribution in [0.4, 0.5) is 13.2 Å². The molecule has 0 saturated heterocycles. The molecule has 11 heteroatoms. The van der Waals surface area contributed by atoms with Crippen LogP contribution in [0.5, 0.6) is 0 Å². The third-order valence-electron chi connectivity index (χ3n) is 3.01. The van der Waals surface area contributed by atoms with Crippen molar-refractivity contribution in [1.82, 2.24) is 9.78 Å². The van der Waals surface area contributed by atoms with Gasteiger partial charge in [0.25, 0.3) is 10.0 Å². The van der Waals surface area contributed by atoms with Gasteiger partial charge < -0.3 is 5.73 Å². The highest BCUT2D eigenvalue weighted by Crippen LogP contribution is 2.26. The maximum absolute atomic E-state index is 12.7. The van der Waals surface area contributed by atoms with Crippen LogP contribution in [0.2, 0.25) is 0 Å². The first-order chi connectivity index (χ1) is 11.5. The zero-order valence-electron chi connectivity index (χ0n) is 12.9. The molecule has 0 aliphatic heterocycles. The van der Waals surface area contributed by atoms with Crippen LogP contribution in [-0.2, 0) is 27.5 Å². The molecule has 0 aliphatic carbocycles. The van der Waals surface area contributed by atoms with Gasteiger partial charge in [-0.1, -0.05) is 17.7 Å². The minimum atomic E-state index is -4.77. The molecule has 2 rings (SSSR count). The lowest BCUT2D eigenvalue weighted by Crippen LogP contribution is -2.32. The number of sulfonamides is 1. The van der Waals surface area contributed by atoms with Crippen molar-refractivity contribution in [3.8, 4) is 0 Å². The minimum absolute atomic E-state index is 0.149. The molecule has 7 nitrogen and oxygen atoms in total. The van der Waals surface area contributed by atoms with E-state index in [1.54, 1.807) is 19.1 Å². The van der Waals surface area contributed by atoms with E-state index < -0.39 is 39.8 Å². The van der Waals surface area contributed by atoms with Gasteiger partial charge in [0, 0.05) is 0 Å². The number of hydrogen-bond acceptors (Lipinski definition) is 4. The fraction of sp³-hybridized carbons (Fsp3) is 0.214. The Bertz CT molecular complexity index is 964. The standard InChI is InChI=1S/C14H13F3N4O3S/c1-9-2-4-10(5-3-9)25(23,24)20-13-7-6-11(14(15,16)17)19-21(13)8-12(18)22/h2-7H,8H2,1H3,(H2,18,22)/b20-13-. The number of carbonyl (C=O) groups is 1. The molecule has 1 aromatic heterocycles. The van der Waals surface area contributed by atoms with Gasteiger partial charge >= 0.3 is 6.18 Å². The van der Waals surface area contributed by atoms with E-state index in [2.05, 4.69) is 9.50 Å². The zero-order valence-corrected chi connectivity index (χ0v) is 13.7. The summed E-state index contributed by atoms with van der Waals surface area (Å²) in [5.74, 6) is -0.999. The Morgan fingerprint density at radius 1 is 1.20 bits per heavy atom. The normalized spacial score (nSPS) is 13.0. The van der Waals surface area contributed by atoms with Crippen LogP contribution in [0.3, 0.4) is 0 Å². The summed E-state index contributed by atoms with van der Waals surface area (Å²) < 4.78 is 66.7. The molecule has 0 bridgehead atoms. The van der Waals surface area contributed by atoms with Crippen molar-refractivity contribution in [2.24, 2.45) is 10.1 Å². The van der Waals surface area contributed by atoms with Crippen LogP contribution in [-0.4, -0.2) is 24.1 Å². The van der Waals surface area contributed by atoms with Crippen molar-refractivity contribution in [2.45, 2.75) is 24.5 Å². The van der Waals surface area contributed by atoms with Crippen LogP contribution in [0.25, 0.3) is 0 Å². The zero-order chi connectivity index (χ0) is 18.8. The predicted octanol–water partition coefficient (Wildman–Crippen LogP) is 0.985. The second-order valence-electron chi connectivity index (χ2n) is 5.08. The lowest BCUT2D eigenvalue weighted by molar-refractivity contribution is -0.142. The van der Waals surface area contributed by atoms with Gasteiger partial charge in [0.2, 0.25) is 5.91 Å². The van der Waals surface area contributed by atoms with Gasteiger partial charge in [0.05, 0.1) is 4.90 Å². The third kappa shape index (κ3) is 4.66. The van der Waals surface area contributed by atoms with Crippen LogP contribution < -0.4 is 11.2 Å². The first-order valence-corrected chi connectivity index (χ1v) is 8.24. The molecule has 0 aliphatic rings. The summed E-state index contributed by atoms with van der Waals surface area (Å²) in [6, 6.07) is 7.09. The number of hydrogen-bond donors (Lipinski definition) is 1. The Balaban J connectivity index is 2.61.